The Morgan fingerprint density at radius 3 is 2.58 bits per heavy atom. The zero-order valence-corrected chi connectivity index (χ0v) is 11.1. The molecular formula is C17H19NO. The van der Waals surface area contributed by atoms with Gasteiger partial charge in [-0.15, -0.1) is 0 Å². The van der Waals surface area contributed by atoms with Crippen molar-refractivity contribution >= 4 is 22.7 Å². The molecule has 1 aliphatic rings. The summed E-state index contributed by atoms with van der Waals surface area (Å²) in [7, 11) is 0. The van der Waals surface area contributed by atoms with E-state index >= 15 is 0 Å². The van der Waals surface area contributed by atoms with Crippen LogP contribution in [-0.2, 0) is 0 Å². The van der Waals surface area contributed by atoms with Gasteiger partial charge >= 0.3 is 0 Å². The molecule has 1 fully saturated rings. The van der Waals surface area contributed by atoms with Gasteiger partial charge in [0, 0.05) is 17.0 Å². The first-order valence-electron chi connectivity index (χ1n) is 7.12. The van der Waals surface area contributed by atoms with E-state index in [1.165, 1.54) is 37.5 Å². The van der Waals surface area contributed by atoms with Crippen molar-refractivity contribution in [3.8, 4) is 0 Å². The van der Waals surface area contributed by atoms with Gasteiger partial charge in [0.2, 0.25) is 0 Å². The van der Waals surface area contributed by atoms with Crippen molar-refractivity contribution in [2.75, 3.05) is 5.32 Å². The molecule has 0 heterocycles. The number of rotatable bonds is 3. The van der Waals surface area contributed by atoms with Gasteiger partial charge in [-0.1, -0.05) is 49.6 Å². The van der Waals surface area contributed by atoms with Gasteiger partial charge in [-0.25, -0.2) is 0 Å². The van der Waals surface area contributed by atoms with E-state index in [1.54, 1.807) is 0 Å². The van der Waals surface area contributed by atoms with Gasteiger partial charge in [-0.3, -0.25) is 4.79 Å². The molecule has 0 radical (unpaired) electrons. The standard InChI is InChI=1S/C17H19NO/c19-12-14-11-10-13-6-4-5-9-16(13)17(14)18-15-7-2-1-3-8-15/h4-6,9-12,15,18H,1-3,7-8H2. The first kappa shape index (κ1) is 12.2. The molecule has 2 aromatic rings. The summed E-state index contributed by atoms with van der Waals surface area (Å²) >= 11 is 0. The van der Waals surface area contributed by atoms with Crippen molar-refractivity contribution in [2.24, 2.45) is 0 Å². The summed E-state index contributed by atoms with van der Waals surface area (Å²) in [4.78, 5) is 11.3. The maximum atomic E-state index is 11.3. The predicted octanol–water partition coefficient (Wildman–Crippen LogP) is 4.40. The molecule has 3 rings (SSSR count). The van der Waals surface area contributed by atoms with Gasteiger partial charge in [-0.05, 0) is 24.3 Å². The molecule has 0 atom stereocenters. The van der Waals surface area contributed by atoms with Crippen molar-refractivity contribution in [1.82, 2.24) is 0 Å². The Labute approximate surface area is 113 Å². The van der Waals surface area contributed by atoms with Crippen LogP contribution in [0.2, 0.25) is 0 Å². The van der Waals surface area contributed by atoms with Crippen LogP contribution in [0.15, 0.2) is 36.4 Å². The molecule has 2 heteroatoms. The van der Waals surface area contributed by atoms with Crippen LogP contribution in [0, 0.1) is 0 Å². The number of aldehydes is 1. The zero-order valence-electron chi connectivity index (χ0n) is 11.1. The van der Waals surface area contributed by atoms with Crippen molar-refractivity contribution < 1.29 is 4.79 Å². The molecule has 0 unspecified atom stereocenters. The highest BCUT2D eigenvalue weighted by Crippen LogP contribution is 2.30. The second kappa shape index (κ2) is 5.43. The van der Waals surface area contributed by atoms with Crippen LogP contribution in [0.25, 0.3) is 10.8 Å². The van der Waals surface area contributed by atoms with Crippen LogP contribution in [0.1, 0.15) is 42.5 Å². The third kappa shape index (κ3) is 2.48. The molecule has 98 valence electrons. The minimum atomic E-state index is 0.512. The van der Waals surface area contributed by atoms with Crippen LogP contribution in [0.5, 0.6) is 0 Å². The number of carbonyl (C=O) groups is 1. The molecule has 0 amide bonds. The highest BCUT2D eigenvalue weighted by Gasteiger charge is 2.15. The van der Waals surface area contributed by atoms with Crippen molar-refractivity contribution in [3.63, 3.8) is 0 Å². The number of hydrogen-bond acceptors (Lipinski definition) is 2. The monoisotopic (exact) mass is 253 g/mol. The predicted molar refractivity (Wildman–Crippen MR) is 79.8 cm³/mol. The van der Waals surface area contributed by atoms with E-state index in [0.717, 1.165) is 22.9 Å². The molecule has 1 saturated carbocycles. The van der Waals surface area contributed by atoms with E-state index in [0.29, 0.717) is 6.04 Å². The van der Waals surface area contributed by atoms with Crippen molar-refractivity contribution in [2.45, 2.75) is 38.1 Å². The van der Waals surface area contributed by atoms with E-state index in [9.17, 15) is 4.79 Å². The Bertz CT molecular complexity index is 585. The van der Waals surface area contributed by atoms with Gasteiger partial charge in [0.05, 0.1) is 5.69 Å². The summed E-state index contributed by atoms with van der Waals surface area (Å²) in [5.74, 6) is 0. The number of anilines is 1. The lowest BCUT2D eigenvalue weighted by molar-refractivity contribution is 0.112. The van der Waals surface area contributed by atoms with Gasteiger partial charge in [0.1, 0.15) is 0 Å². The molecule has 0 bridgehead atoms. The van der Waals surface area contributed by atoms with E-state index in [-0.39, 0.29) is 0 Å². The summed E-state index contributed by atoms with van der Waals surface area (Å²) in [6, 6.07) is 12.7. The summed E-state index contributed by atoms with van der Waals surface area (Å²) in [6.07, 6.45) is 7.30. The summed E-state index contributed by atoms with van der Waals surface area (Å²) < 4.78 is 0. The SMILES string of the molecule is O=Cc1ccc2ccccc2c1NC1CCCCC1. The third-order valence-corrected chi connectivity index (χ3v) is 4.04. The lowest BCUT2D eigenvalue weighted by Crippen LogP contribution is -2.23. The number of hydrogen-bond donors (Lipinski definition) is 1. The molecule has 2 aromatic carbocycles. The minimum absolute atomic E-state index is 0.512. The molecule has 0 aromatic heterocycles. The Kier molecular flexibility index (Phi) is 3.49. The Hall–Kier alpha value is -1.83. The minimum Gasteiger partial charge on any atom is -0.381 e. The third-order valence-electron chi connectivity index (χ3n) is 4.04. The Morgan fingerprint density at radius 2 is 1.79 bits per heavy atom. The highest BCUT2D eigenvalue weighted by atomic mass is 16.1. The van der Waals surface area contributed by atoms with Gasteiger partial charge in [0.15, 0.2) is 6.29 Å². The lowest BCUT2D eigenvalue weighted by Gasteiger charge is -2.25. The maximum Gasteiger partial charge on any atom is 0.152 e. The fourth-order valence-corrected chi connectivity index (χ4v) is 3.00. The van der Waals surface area contributed by atoms with E-state index in [2.05, 4.69) is 17.4 Å². The molecule has 2 nitrogen and oxygen atoms in total. The normalized spacial score (nSPS) is 16.4. The molecule has 0 aliphatic heterocycles. The van der Waals surface area contributed by atoms with Gasteiger partial charge in [-0.2, -0.15) is 0 Å². The van der Waals surface area contributed by atoms with Gasteiger partial charge in [0.25, 0.3) is 0 Å². The Balaban J connectivity index is 2.01. The smallest absolute Gasteiger partial charge is 0.152 e. The molecule has 0 spiro atoms. The quantitative estimate of drug-likeness (QED) is 0.821. The first-order valence-corrected chi connectivity index (χ1v) is 7.12. The first-order chi connectivity index (χ1) is 9.38. The second-order valence-corrected chi connectivity index (χ2v) is 5.35. The van der Waals surface area contributed by atoms with E-state index < -0.39 is 0 Å². The second-order valence-electron chi connectivity index (χ2n) is 5.35. The fourth-order valence-electron chi connectivity index (χ4n) is 3.00. The average molecular weight is 253 g/mol. The topological polar surface area (TPSA) is 29.1 Å². The summed E-state index contributed by atoms with van der Waals surface area (Å²) in [5.41, 5.74) is 1.78. The maximum absolute atomic E-state index is 11.3. The van der Waals surface area contributed by atoms with Crippen LogP contribution in [0.4, 0.5) is 5.69 Å². The van der Waals surface area contributed by atoms with Crippen LogP contribution in [-0.4, -0.2) is 12.3 Å². The van der Waals surface area contributed by atoms with Gasteiger partial charge < -0.3 is 5.32 Å². The molecule has 19 heavy (non-hydrogen) atoms. The summed E-state index contributed by atoms with van der Waals surface area (Å²) in [6.45, 7) is 0. The van der Waals surface area contributed by atoms with E-state index in [4.69, 9.17) is 0 Å². The Morgan fingerprint density at radius 1 is 1.00 bits per heavy atom. The lowest BCUT2D eigenvalue weighted by atomic mass is 9.94. The molecular weight excluding hydrogens is 234 g/mol. The number of carbonyl (C=O) groups excluding carboxylic acids is 1. The molecule has 1 N–H and O–H groups in total. The largest absolute Gasteiger partial charge is 0.381 e. The number of benzene rings is 2. The zero-order chi connectivity index (χ0) is 13.1. The van der Waals surface area contributed by atoms with Crippen molar-refractivity contribution in [1.29, 1.82) is 0 Å². The summed E-state index contributed by atoms with van der Waals surface area (Å²) in [5, 5.41) is 5.95. The number of nitrogens with one attached hydrogen (secondary N) is 1. The van der Waals surface area contributed by atoms with Crippen molar-refractivity contribution in [3.05, 3.63) is 42.0 Å². The van der Waals surface area contributed by atoms with Crippen LogP contribution in [0.3, 0.4) is 0 Å². The number of fused-ring (bicyclic) bond motifs is 1. The van der Waals surface area contributed by atoms with Crippen LogP contribution >= 0.6 is 0 Å². The van der Waals surface area contributed by atoms with Crippen LogP contribution < -0.4 is 5.32 Å². The molecule has 1 aliphatic carbocycles. The van der Waals surface area contributed by atoms with E-state index in [1.807, 2.05) is 24.3 Å². The fraction of sp³-hybridized carbons (Fsp3) is 0.353. The average Bonchev–Trinajstić information content (AvgIpc) is 2.49. The molecule has 0 saturated heterocycles. The highest BCUT2D eigenvalue weighted by molar-refractivity contribution is 6.02.